The van der Waals surface area contributed by atoms with Crippen LogP contribution in [0.3, 0.4) is 0 Å². The van der Waals surface area contributed by atoms with E-state index in [9.17, 15) is 23.1 Å². The second-order valence-electron chi connectivity index (χ2n) is 4.25. The second kappa shape index (κ2) is 5.22. The first-order chi connectivity index (χ1) is 7.76. The molecule has 0 aromatic rings. The molecular weight excluding hydrogens is 239 g/mol. The van der Waals surface area contributed by atoms with Crippen molar-refractivity contribution in [1.29, 1.82) is 0 Å². The summed E-state index contributed by atoms with van der Waals surface area (Å²) in [5, 5.41) is 9.64. The largest absolute Gasteiger partial charge is 0.411 e. The number of carbonyl (C=O) groups excluding carboxylic acids is 1. The van der Waals surface area contributed by atoms with Gasteiger partial charge in [-0.2, -0.15) is 13.2 Å². The fraction of sp³-hybridized carbons (Fsp3) is 0.900. The first kappa shape index (κ1) is 14.2. The van der Waals surface area contributed by atoms with Gasteiger partial charge in [-0.3, -0.25) is 4.79 Å². The zero-order valence-electron chi connectivity index (χ0n) is 9.59. The lowest BCUT2D eigenvalue weighted by atomic mass is 9.91. The van der Waals surface area contributed by atoms with Crippen molar-refractivity contribution in [2.24, 2.45) is 0 Å². The van der Waals surface area contributed by atoms with E-state index >= 15 is 0 Å². The molecule has 1 N–H and O–H groups in total. The fourth-order valence-corrected chi connectivity index (χ4v) is 1.57. The van der Waals surface area contributed by atoms with Crippen LogP contribution in [0.25, 0.3) is 0 Å². The maximum absolute atomic E-state index is 11.7. The molecule has 0 bridgehead atoms. The summed E-state index contributed by atoms with van der Waals surface area (Å²) in [4.78, 5) is 12.8. The first-order valence-corrected chi connectivity index (χ1v) is 5.40. The van der Waals surface area contributed by atoms with Crippen molar-refractivity contribution in [3.63, 3.8) is 0 Å². The zero-order valence-corrected chi connectivity index (χ0v) is 9.59. The van der Waals surface area contributed by atoms with Crippen molar-refractivity contribution in [2.45, 2.75) is 31.5 Å². The number of ether oxygens (including phenoxy) is 1. The summed E-state index contributed by atoms with van der Waals surface area (Å²) in [6.07, 6.45) is -3.89. The van der Waals surface area contributed by atoms with E-state index in [1.54, 1.807) is 0 Å². The first-order valence-electron chi connectivity index (χ1n) is 5.40. The third-order valence-corrected chi connectivity index (χ3v) is 2.71. The molecule has 1 fully saturated rings. The maximum atomic E-state index is 11.7. The van der Waals surface area contributed by atoms with Crippen LogP contribution < -0.4 is 0 Å². The average molecular weight is 255 g/mol. The topological polar surface area (TPSA) is 49.8 Å². The minimum Gasteiger partial charge on any atom is -0.386 e. The van der Waals surface area contributed by atoms with E-state index in [1.165, 1.54) is 4.90 Å². The summed E-state index contributed by atoms with van der Waals surface area (Å²) in [6, 6.07) is 0. The Morgan fingerprint density at radius 1 is 1.47 bits per heavy atom. The highest BCUT2D eigenvalue weighted by Crippen LogP contribution is 2.24. The SMILES string of the molecule is CCC1(O)CN(C(=O)CCOCC(F)(F)F)C1. The highest BCUT2D eigenvalue weighted by Gasteiger charge is 2.41. The molecule has 1 aliphatic heterocycles. The Labute approximate surface area is 97.3 Å². The summed E-state index contributed by atoms with van der Waals surface area (Å²) < 4.78 is 39.5. The van der Waals surface area contributed by atoms with Gasteiger partial charge in [0.05, 0.1) is 31.7 Å². The number of halogens is 3. The molecule has 1 saturated heterocycles. The van der Waals surface area contributed by atoms with Crippen LogP contribution in [-0.4, -0.2) is 54.0 Å². The van der Waals surface area contributed by atoms with Crippen LogP contribution in [-0.2, 0) is 9.53 Å². The molecule has 0 spiro atoms. The molecular formula is C10H16F3NO3. The van der Waals surface area contributed by atoms with E-state index < -0.39 is 18.4 Å². The number of nitrogens with zero attached hydrogens (tertiary/aromatic N) is 1. The zero-order chi connectivity index (χ0) is 13.1. The number of alkyl halides is 3. The highest BCUT2D eigenvalue weighted by molar-refractivity contribution is 5.77. The van der Waals surface area contributed by atoms with E-state index in [0.29, 0.717) is 6.42 Å². The Balaban J connectivity index is 2.12. The minimum atomic E-state index is -4.36. The molecule has 0 saturated carbocycles. The van der Waals surface area contributed by atoms with Crippen molar-refractivity contribution in [1.82, 2.24) is 4.90 Å². The van der Waals surface area contributed by atoms with Gasteiger partial charge in [0.25, 0.3) is 0 Å². The lowest BCUT2D eigenvalue weighted by Gasteiger charge is -2.46. The van der Waals surface area contributed by atoms with Gasteiger partial charge in [0.1, 0.15) is 6.61 Å². The number of aliphatic hydroxyl groups is 1. The van der Waals surface area contributed by atoms with Gasteiger partial charge in [-0.1, -0.05) is 6.92 Å². The van der Waals surface area contributed by atoms with Crippen LogP contribution in [0.15, 0.2) is 0 Å². The van der Waals surface area contributed by atoms with Crippen LogP contribution in [0, 0.1) is 0 Å². The molecule has 1 amide bonds. The molecule has 7 heteroatoms. The van der Waals surface area contributed by atoms with Crippen LogP contribution in [0.5, 0.6) is 0 Å². The van der Waals surface area contributed by atoms with E-state index in [4.69, 9.17) is 0 Å². The quantitative estimate of drug-likeness (QED) is 0.744. The lowest BCUT2D eigenvalue weighted by molar-refractivity contribution is -0.177. The number of amides is 1. The van der Waals surface area contributed by atoms with Gasteiger partial charge in [-0.05, 0) is 6.42 Å². The molecule has 1 aliphatic rings. The summed E-state index contributed by atoms with van der Waals surface area (Å²) in [5.74, 6) is -0.287. The van der Waals surface area contributed by atoms with Crippen molar-refractivity contribution >= 4 is 5.91 Å². The average Bonchev–Trinajstić information content (AvgIpc) is 2.18. The van der Waals surface area contributed by atoms with Crippen LogP contribution in [0.4, 0.5) is 13.2 Å². The number of hydrogen-bond donors (Lipinski definition) is 1. The number of carbonyl (C=O) groups is 1. The van der Waals surface area contributed by atoms with Gasteiger partial charge in [-0.15, -0.1) is 0 Å². The van der Waals surface area contributed by atoms with Crippen LogP contribution in [0.1, 0.15) is 19.8 Å². The Hall–Kier alpha value is -0.820. The third kappa shape index (κ3) is 4.51. The number of rotatable bonds is 5. The normalized spacial score (nSPS) is 19.0. The summed E-state index contributed by atoms with van der Waals surface area (Å²) in [7, 11) is 0. The monoisotopic (exact) mass is 255 g/mol. The van der Waals surface area contributed by atoms with Gasteiger partial charge >= 0.3 is 6.18 Å². The van der Waals surface area contributed by atoms with Gasteiger partial charge in [0.2, 0.25) is 5.91 Å². The molecule has 100 valence electrons. The summed E-state index contributed by atoms with van der Waals surface area (Å²) in [5.41, 5.74) is -0.817. The van der Waals surface area contributed by atoms with Crippen molar-refractivity contribution < 1.29 is 27.8 Å². The molecule has 0 radical (unpaired) electrons. The third-order valence-electron chi connectivity index (χ3n) is 2.71. The molecule has 0 aromatic carbocycles. The van der Waals surface area contributed by atoms with Gasteiger partial charge in [-0.25, -0.2) is 0 Å². The summed E-state index contributed by atoms with van der Waals surface area (Å²) >= 11 is 0. The fourth-order valence-electron chi connectivity index (χ4n) is 1.57. The molecule has 17 heavy (non-hydrogen) atoms. The van der Waals surface area contributed by atoms with Gasteiger partial charge < -0.3 is 14.7 Å². The smallest absolute Gasteiger partial charge is 0.386 e. The van der Waals surface area contributed by atoms with E-state index in [-0.39, 0.29) is 32.0 Å². The standard InChI is InChI=1S/C10H16F3NO3/c1-2-9(16)5-14(6-9)8(15)3-4-17-7-10(11,12)13/h16H,2-7H2,1H3. The van der Waals surface area contributed by atoms with Crippen LogP contribution >= 0.6 is 0 Å². The summed E-state index contributed by atoms with van der Waals surface area (Å²) in [6.45, 7) is 0.732. The van der Waals surface area contributed by atoms with Gasteiger partial charge in [0.15, 0.2) is 0 Å². The van der Waals surface area contributed by atoms with Crippen molar-refractivity contribution in [3.05, 3.63) is 0 Å². The predicted octanol–water partition coefficient (Wildman–Crippen LogP) is 0.939. The second-order valence-corrected chi connectivity index (χ2v) is 4.25. The van der Waals surface area contributed by atoms with Crippen molar-refractivity contribution in [3.8, 4) is 0 Å². The molecule has 0 aliphatic carbocycles. The Morgan fingerprint density at radius 2 is 2.06 bits per heavy atom. The molecule has 1 heterocycles. The maximum Gasteiger partial charge on any atom is 0.411 e. The molecule has 4 nitrogen and oxygen atoms in total. The Morgan fingerprint density at radius 3 is 2.53 bits per heavy atom. The Bertz CT molecular complexity index is 274. The minimum absolute atomic E-state index is 0.0874. The Kier molecular flexibility index (Phi) is 4.37. The van der Waals surface area contributed by atoms with E-state index in [0.717, 1.165) is 0 Å². The molecule has 1 rings (SSSR count). The number of hydrogen-bond acceptors (Lipinski definition) is 3. The lowest BCUT2D eigenvalue weighted by Crippen LogP contribution is -2.63. The molecule has 0 unspecified atom stereocenters. The molecule has 0 atom stereocenters. The molecule has 0 aromatic heterocycles. The van der Waals surface area contributed by atoms with Crippen molar-refractivity contribution in [2.75, 3.05) is 26.3 Å². The predicted molar refractivity (Wildman–Crippen MR) is 53.3 cm³/mol. The number of β-amino-alcohol motifs (C(OH)–C–C–N with tert-alkyl or cyclic N) is 1. The van der Waals surface area contributed by atoms with E-state index in [1.807, 2.05) is 6.92 Å². The number of likely N-dealkylation sites (tertiary alicyclic amines) is 1. The van der Waals surface area contributed by atoms with E-state index in [2.05, 4.69) is 4.74 Å². The van der Waals surface area contributed by atoms with Gasteiger partial charge in [0, 0.05) is 0 Å². The highest BCUT2D eigenvalue weighted by atomic mass is 19.4. The van der Waals surface area contributed by atoms with Crippen LogP contribution in [0.2, 0.25) is 0 Å².